The van der Waals surface area contributed by atoms with Crippen LogP contribution in [0.25, 0.3) is 0 Å². The van der Waals surface area contributed by atoms with Crippen LogP contribution >= 0.6 is 11.6 Å². The van der Waals surface area contributed by atoms with Crippen LogP contribution in [0, 0.1) is 0 Å². The predicted molar refractivity (Wildman–Crippen MR) is 127 cm³/mol. The Morgan fingerprint density at radius 3 is 2.29 bits per heavy atom. The quantitative estimate of drug-likeness (QED) is 0.365. The van der Waals surface area contributed by atoms with E-state index in [1.807, 2.05) is 44.2 Å². The van der Waals surface area contributed by atoms with E-state index in [2.05, 4.69) is 46.0 Å². The van der Waals surface area contributed by atoms with Gasteiger partial charge in [0.2, 0.25) is 8.32 Å². The van der Waals surface area contributed by atoms with Crippen molar-refractivity contribution in [3.8, 4) is 5.75 Å². The number of rotatable bonds is 6. The number of hydrogen-bond acceptors (Lipinski definition) is 4. The highest BCUT2D eigenvalue weighted by atomic mass is 35.5. The standard InChI is InChI=1S/C25H33ClO4Si/c1-23(2,3)31(6,7)29-21-11-8-18(9-12-21)14-19-15-20(10-13-22(19)26)25(16-27)17-28-24(4,5)30-25/h8-13,15-16H,14,17H2,1-7H3/t25-/m0/s1. The van der Waals surface area contributed by atoms with Gasteiger partial charge >= 0.3 is 0 Å². The number of benzene rings is 2. The van der Waals surface area contributed by atoms with E-state index >= 15 is 0 Å². The molecule has 6 heteroatoms. The van der Waals surface area contributed by atoms with Crippen LogP contribution in [0.2, 0.25) is 23.2 Å². The molecule has 1 aliphatic heterocycles. The van der Waals surface area contributed by atoms with Crippen LogP contribution in [-0.2, 0) is 26.3 Å². The van der Waals surface area contributed by atoms with Crippen molar-refractivity contribution in [2.24, 2.45) is 0 Å². The fourth-order valence-electron chi connectivity index (χ4n) is 3.36. The summed E-state index contributed by atoms with van der Waals surface area (Å²) >= 11 is 6.49. The van der Waals surface area contributed by atoms with Crippen LogP contribution in [0.15, 0.2) is 42.5 Å². The smallest absolute Gasteiger partial charge is 0.250 e. The van der Waals surface area contributed by atoms with Crippen molar-refractivity contribution >= 4 is 26.2 Å². The van der Waals surface area contributed by atoms with Crippen LogP contribution in [0.1, 0.15) is 51.3 Å². The van der Waals surface area contributed by atoms with Crippen LogP contribution in [-0.4, -0.2) is 27.0 Å². The normalized spacial score (nSPS) is 21.2. The molecular formula is C25H33ClO4Si. The van der Waals surface area contributed by atoms with E-state index in [1.54, 1.807) is 0 Å². The van der Waals surface area contributed by atoms with E-state index < -0.39 is 19.7 Å². The number of halogens is 1. The van der Waals surface area contributed by atoms with Gasteiger partial charge in [-0.15, -0.1) is 0 Å². The Balaban J connectivity index is 1.80. The van der Waals surface area contributed by atoms with E-state index in [0.717, 1.165) is 28.7 Å². The molecule has 0 amide bonds. The second-order valence-electron chi connectivity index (χ2n) is 10.3. The summed E-state index contributed by atoms with van der Waals surface area (Å²) < 4.78 is 18.0. The molecule has 3 rings (SSSR count). The van der Waals surface area contributed by atoms with Gasteiger partial charge in [-0.2, -0.15) is 0 Å². The highest BCUT2D eigenvalue weighted by molar-refractivity contribution is 6.74. The molecule has 0 radical (unpaired) electrons. The minimum Gasteiger partial charge on any atom is -0.544 e. The lowest BCUT2D eigenvalue weighted by molar-refractivity contribution is -0.167. The molecule has 0 spiro atoms. The van der Waals surface area contributed by atoms with Gasteiger partial charge in [0, 0.05) is 5.02 Å². The topological polar surface area (TPSA) is 44.8 Å². The second-order valence-corrected chi connectivity index (χ2v) is 15.4. The van der Waals surface area contributed by atoms with E-state index in [9.17, 15) is 4.79 Å². The molecule has 1 fully saturated rings. The Hall–Kier alpha value is -1.66. The molecule has 0 aliphatic carbocycles. The van der Waals surface area contributed by atoms with E-state index in [-0.39, 0.29) is 11.6 Å². The first kappa shape index (κ1) is 24.0. The molecule has 0 unspecified atom stereocenters. The van der Waals surface area contributed by atoms with Crippen LogP contribution in [0.4, 0.5) is 0 Å². The lowest BCUT2D eigenvalue weighted by atomic mass is 9.93. The Morgan fingerprint density at radius 2 is 1.77 bits per heavy atom. The fourth-order valence-corrected chi connectivity index (χ4v) is 4.58. The molecule has 168 valence electrons. The first-order chi connectivity index (χ1) is 14.3. The van der Waals surface area contributed by atoms with Gasteiger partial charge < -0.3 is 13.9 Å². The van der Waals surface area contributed by atoms with E-state index in [0.29, 0.717) is 11.4 Å². The Kier molecular flexibility index (Phi) is 6.47. The minimum atomic E-state index is -1.87. The van der Waals surface area contributed by atoms with E-state index in [4.69, 9.17) is 25.5 Å². The van der Waals surface area contributed by atoms with Gasteiger partial charge in [-0.05, 0) is 73.3 Å². The third-order valence-corrected chi connectivity index (χ3v) is 11.0. The number of carbonyl (C=O) groups excluding carboxylic acids is 1. The minimum absolute atomic E-state index is 0.148. The highest BCUT2D eigenvalue weighted by Crippen LogP contribution is 2.39. The average molecular weight is 461 g/mol. The largest absolute Gasteiger partial charge is 0.544 e. The van der Waals surface area contributed by atoms with Crippen molar-refractivity contribution in [2.45, 2.75) is 70.6 Å². The molecular weight excluding hydrogens is 428 g/mol. The van der Waals surface area contributed by atoms with Gasteiger partial charge in [0.1, 0.15) is 5.75 Å². The molecule has 2 aromatic carbocycles. The van der Waals surface area contributed by atoms with Crippen molar-refractivity contribution in [1.82, 2.24) is 0 Å². The lowest BCUT2D eigenvalue weighted by Gasteiger charge is -2.36. The molecule has 1 aliphatic rings. The van der Waals surface area contributed by atoms with Gasteiger partial charge in [0.15, 0.2) is 17.7 Å². The molecule has 4 nitrogen and oxygen atoms in total. The monoisotopic (exact) mass is 460 g/mol. The molecule has 1 heterocycles. The molecule has 0 bridgehead atoms. The predicted octanol–water partition coefficient (Wildman–Crippen LogP) is 6.49. The fraction of sp³-hybridized carbons (Fsp3) is 0.480. The maximum absolute atomic E-state index is 11.9. The summed E-state index contributed by atoms with van der Waals surface area (Å²) in [4.78, 5) is 11.9. The van der Waals surface area contributed by atoms with Crippen LogP contribution in [0.3, 0.4) is 0 Å². The maximum Gasteiger partial charge on any atom is 0.250 e. The Bertz CT molecular complexity index is 947. The Morgan fingerprint density at radius 1 is 1.13 bits per heavy atom. The second kappa shape index (κ2) is 8.36. The average Bonchev–Trinajstić information content (AvgIpc) is 3.00. The van der Waals surface area contributed by atoms with Gasteiger partial charge in [-0.1, -0.05) is 56.6 Å². The van der Waals surface area contributed by atoms with E-state index in [1.165, 1.54) is 0 Å². The summed E-state index contributed by atoms with van der Waals surface area (Å²) in [5, 5.41) is 0.805. The van der Waals surface area contributed by atoms with Crippen molar-refractivity contribution in [2.75, 3.05) is 6.61 Å². The summed E-state index contributed by atoms with van der Waals surface area (Å²) in [6.45, 7) is 15.0. The first-order valence-corrected chi connectivity index (χ1v) is 13.9. The molecule has 0 N–H and O–H groups in total. The SMILES string of the molecule is CC1(C)OC[C@@](C=O)(c2ccc(Cl)c(Cc3ccc(O[Si](C)(C)C(C)(C)C)cc3)c2)O1. The van der Waals surface area contributed by atoms with Crippen molar-refractivity contribution in [3.63, 3.8) is 0 Å². The molecule has 31 heavy (non-hydrogen) atoms. The van der Waals surface area contributed by atoms with Crippen LogP contribution in [0.5, 0.6) is 5.75 Å². The van der Waals surface area contributed by atoms with Crippen LogP contribution < -0.4 is 4.43 Å². The molecule has 1 saturated heterocycles. The molecule has 0 aromatic heterocycles. The number of ether oxygens (including phenoxy) is 2. The van der Waals surface area contributed by atoms with Gasteiger partial charge in [-0.3, -0.25) is 4.79 Å². The third-order valence-electron chi connectivity index (χ3n) is 6.28. The number of carbonyl (C=O) groups is 1. The summed E-state index contributed by atoms with van der Waals surface area (Å²) in [5.41, 5.74) is 1.70. The number of aldehydes is 1. The molecule has 2 aromatic rings. The summed E-state index contributed by atoms with van der Waals surface area (Å²) in [6.07, 6.45) is 1.47. The van der Waals surface area contributed by atoms with Crippen molar-refractivity contribution < 1.29 is 18.7 Å². The summed E-state index contributed by atoms with van der Waals surface area (Å²) in [5.74, 6) is 0.0922. The summed E-state index contributed by atoms with van der Waals surface area (Å²) in [7, 11) is -1.87. The summed E-state index contributed by atoms with van der Waals surface area (Å²) in [6, 6.07) is 13.8. The van der Waals surface area contributed by atoms with Gasteiger partial charge in [0.05, 0.1) is 6.61 Å². The molecule has 0 saturated carbocycles. The van der Waals surface area contributed by atoms with Gasteiger partial charge in [0.25, 0.3) is 0 Å². The zero-order chi connectivity index (χ0) is 23.1. The van der Waals surface area contributed by atoms with Gasteiger partial charge in [-0.25, -0.2) is 0 Å². The zero-order valence-electron chi connectivity index (χ0n) is 19.5. The first-order valence-electron chi connectivity index (χ1n) is 10.6. The Labute approximate surface area is 192 Å². The van der Waals surface area contributed by atoms with Crippen molar-refractivity contribution in [1.29, 1.82) is 0 Å². The number of hydrogen-bond donors (Lipinski definition) is 0. The maximum atomic E-state index is 11.9. The molecule has 1 atom stereocenters. The zero-order valence-corrected chi connectivity index (χ0v) is 21.3. The van der Waals surface area contributed by atoms with Crippen molar-refractivity contribution in [3.05, 3.63) is 64.2 Å². The lowest BCUT2D eigenvalue weighted by Crippen LogP contribution is -2.43. The third kappa shape index (κ3) is 5.22. The highest BCUT2D eigenvalue weighted by Gasteiger charge is 2.47.